The van der Waals surface area contributed by atoms with Gasteiger partial charge in [-0.15, -0.1) is 0 Å². The van der Waals surface area contributed by atoms with Crippen molar-refractivity contribution in [1.29, 1.82) is 0 Å². The fourth-order valence-corrected chi connectivity index (χ4v) is 10.1. The first-order chi connectivity index (χ1) is 20.0. The first-order valence-corrected chi connectivity index (χ1v) is 18.3. The molecule has 4 aliphatic carbocycles. The molecule has 0 aromatic carbocycles. The number of hydrogen-bond acceptors (Lipinski definition) is 3. The van der Waals surface area contributed by atoms with Gasteiger partial charge in [0.2, 0.25) is 0 Å². The largest absolute Gasteiger partial charge is 0.505 e. The van der Waals surface area contributed by atoms with Gasteiger partial charge in [0.25, 0.3) is 0 Å². The molecule has 0 aromatic rings. The maximum absolute atomic E-state index is 10.2. The third kappa shape index (κ3) is 9.24. The number of unbranched alkanes of at least 4 members (excludes halogenated alkanes) is 7. The second kappa shape index (κ2) is 16.9. The molecule has 0 unspecified atom stereocenters. The number of carbonyl (C=O) groups is 1. The predicted molar refractivity (Wildman–Crippen MR) is 176 cm³/mol. The highest BCUT2D eigenvalue weighted by molar-refractivity contribution is 5.56. The van der Waals surface area contributed by atoms with E-state index in [4.69, 9.17) is 5.11 Å². The second-order valence-electron chi connectivity index (χ2n) is 15.8. The fourth-order valence-electron chi connectivity index (χ4n) is 10.1. The van der Waals surface area contributed by atoms with Crippen molar-refractivity contribution in [2.45, 2.75) is 170 Å². The van der Waals surface area contributed by atoms with Crippen molar-refractivity contribution in [2.24, 2.45) is 46.3 Å². The monoisotopic (exact) mass is 589 g/mol. The van der Waals surface area contributed by atoms with Gasteiger partial charge in [-0.2, -0.15) is 0 Å². The van der Waals surface area contributed by atoms with Crippen LogP contribution in [-0.4, -0.2) is 29.1 Å². The molecule has 0 bridgehead atoms. The third-order valence-electron chi connectivity index (χ3n) is 12.5. The molecule has 0 radical (unpaired) electrons. The minimum atomic E-state index is -1.16. The highest BCUT2D eigenvalue weighted by Crippen LogP contribution is 2.67. The fraction of sp³-hybridized carbons (Fsp3) is 0.921. The van der Waals surface area contributed by atoms with E-state index in [0.29, 0.717) is 17.4 Å². The van der Waals surface area contributed by atoms with E-state index in [9.17, 15) is 9.90 Å². The molecule has 42 heavy (non-hydrogen) atoms. The van der Waals surface area contributed by atoms with E-state index in [-0.39, 0.29) is 6.10 Å². The first kappa shape index (κ1) is 35.4. The van der Waals surface area contributed by atoms with Gasteiger partial charge in [0.15, 0.2) is 0 Å². The van der Waals surface area contributed by atoms with Crippen LogP contribution in [0.4, 0.5) is 4.79 Å². The average molecular weight is 589 g/mol. The molecule has 244 valence electrons. The second-order valence-corrected chi connectivity index (χ2v) is 15.8. The van der Waals surface area contributed by atoms with Crippen molar-refractivity contribution in [1.82, 2.24) is 0 Å². The smallest absolute Gasteiger partial charge is 0.450 e. The van der Waals surface area contributed by atoms with Gasteiger partial charge in [0.1, 0.15) is 0 Å². The number of rotatable bonds is 14. The quantitative estimate of drug-likeness (QED) is 0.120. The highest BCUT2D eigenvalue weighted by Gasteiger charge is 2.59. The van der Waals surface area contributed by atoms with Crippen LogP contribution in [-0.2, 0) is 4.74 Å². The zero-order chi connectivity index (χ0) is 30.8. The Balaban J connectivity index is 0.000000295. The van der Waals surface area contributed by atoms with Crippen LogP contribution in [0.5, 0.6) is 0 Å². The minimum Gasteiger partial charge on any atom is -0.450 e. The molecule has 4 rings (SSSR count). The van der Waals surface area contributed by atoms with E-state index in [2.05, 4.69) is 52.4 Å². The van der Waals surface area contributed by atoms with Gasteiger partial charge in [-0.1, -0.05) is 117 Å². The normalized spacial score (nSPS) is 34.4. The van der Waals surface area contributed by atoms with Gasteiger partial charge >= 0.3 is 6.16 Å². The van der Waals surface area contributed by atoms with Gasteiger partial charge in [-0.05, 0) is 104 Å². The zero-order valence-corrected chi connectivity index (χ0v) is 28.5. The average Bonchev–Trinajstić information content (AvgIpc) is 3.30. The maximum Gasteiger partial charge on any atom is 0.505 e. The Morgan fingerprint density at radius 3 is 2.26 bits per heavy atom. The van der Waals surface area contributed by atoms with Crippen molar-refractivity contribution in [3.63, 3.8) is 0 Å². The molecule has 4 nitrogen and oxygen atoms in total. The molecule has 0 aromatic heterocycles. The molecule has 3 fully saturated rings. The molecule has 4 heteroatoms. The lowest BCUT2D eigenvalue weighted by Gasteiger charge is -2.58. The van der Waals surface area contributed by atoms with Crippen LogP contribution in [0.15, 0.2) is 11.6 Å². The van der Waals surface area contributed by atoms with Crippen LogP contribution in [0.2, 0.25) is 0 Å². The summed E-state index contributed by atoms with van der Waals surface area (Å²) >= 11 is 0. The molecule has 3 saturated carbocycles. The van der Waals surface area contributed by atoms with E-state index in [1.807, 2.05) is 0 Å². The summed E-state index contributed by atoms with van der Waals surface area (Å²) in [6, 6.07) is 0. The van der Waals surface area contributed by atoms with Crippen LogP contribution in [0.1, 0.15) is 164 Å². The summed E-state index contributed by atoms with van der Waals surface area (Å²) in [5, 5.41) is 18.4. The third-order valence-corrected chi connectivity index (χ3v) is 12.5. The van der Waals surface area contributed by atoms with E-state index in [1.54, 1.807) is 5.57 Å². The van der Waals surface area contributed by atoms with Gasteiger partial charge in [-0.3, -0.25) is 0 Å². The molecule has 0 heterocycles. The van der Waals surface area contributed by atoms with Crippen molar-refractivity contribution >= 4 is 6.16 Å². The lowest BCUT2D eigenvalue weighted by Crippen LogP contribution is -2.50. The number of hydrogen-bond donors (Lipinski definition) is 2. The molecule has 0 amide bonds. The number of aliphatic hydroxyl groups excluding tert-OH is 1. The van der Waals surface area contributed by atoms with Crippen LogP contribution >= 0.6 is 0 Å². The standard InChI is InChI=1S/C27H46O.C11H22O3/c1-18(2)7-6-8-19(3)23-11-12-24-22-10-9-20-17-21(28)13-15-26(20,4)25(22)14-16-27(23,24)5;1-2-3-4-5-6-7-8-9-10-14-11(12)13/h9,18-19,21-25,28H,6-8,10-17H2,1-5H3;2-10H2,1H3,(H,12,13)/t19-,21+,22+,23-,24+,25+,26+,27-;/m1./s1. The van der Waals surface area contributed by atoms with E-state index in [1.165, 1.54) is 96.3 Å². The van der Waals surface area contributed by atoms with E-state index >= 15 is 0 Å². The van der Waals surface area contributed by atoms with Crippen LogP contribution < -0.4 is 0 Å². The molecule has 4 aliphatic rings. The van der Waals surface area contributed by atoms with Crippen LogP contribution in [0, 0.1) is 46.3 Å². The molecular formula is C38H68O4. The SMILES string of the molecule is CC(C)CCC[C@@H](C)[C@H]1CC[C@H]2[C@@H]3CC=C4C[C@@H](O)CC[C@]4(C)[C@H]3CC[C@]12C.CCCCCCCCCCOC(=O)O. The Kier molecular flexibility index (Phi) is 14.2. The summed E-state index contributed by atoms with van der Waals surface area (Å²) in [4.78, 5) is 9.98. The molecule has 0 saturated heterocycles. The highest BCUT2D eigenvalue weighted by atomic mass is 16.7. The van der Waals surface area contributed by atoms with Gasteiger partial charge in [0.05, 0.1) is 12.7 Å². The van der Waals surface area contributed by atoms with Crippen molar-refractivity contribution in [2.75, 3.05) is 6.61 Å². The van der Waals surface area contributed by atoms with E-state index < -0.39 is 6.16 Å². The molecule has 0 spiro atoms. The Bertz CT molecular complexity index is 835. The molecular weight excluding hydrogens is 520 g/mol. The topological polar surface area (TPSA) is 66.8 Å². The van der Waals surface area contributed by atoms with Crippen molar-refractivity contribution < 1.29 is 19.7 Å². The summed E-state index contributed by atoms with van der Waals surface area (Å²) in [6.07, 6.45) is 25.7. The maximum atomic E-state index is 10.2. The Hall–Kier alpha value is -1.03. The van der Waals surface area contributed by atoms with Gasteiger partial charge in [-0.25, -0.2) is 4.79 Å². The number of aliphatic hydroxyl groups is 1. The first-order valence-electron chi connectivity index (χ1n) is 18.3. The predicted octanol–water partition coefficient (Wildman–Crippen LogP) is 11.2. The Morgan fingerprint density at radius 2 is 1.60 bits per heavy atom. The minimum absolute atomic E-state index is 0.0766. The molecule has 2 N–H and O–H groups in total. The lowest BCUT2D eigenvalue weighted by atomic mass is 9.47. The summed E-state index contributed by atoms with van der Waals surface area (Å²) in [6.45, 7) is 15.1. The number of carboxylic acid groups (broad SMARTS) is 1. The lowest BCUT2D eigenvalue weighted by molar-refractivity contribution is -0.0573. The Morgan fingerprint density at radius 1 is 0.905 bits per heavy atom. The van der Waals surface area contributed by atoms with Gasteiger partial charge < -0.3 is 14.9 Å². The van der Waals surface area contributed by atoms with Gasteiger partial charge in [0, 0.05) is 0 Å². The number of ether oxygens (including phenoxy) is 1. The molecule has 8 atom stereocenters. The van der Waals surface area contributed by atoms with Crippen molar-refractivity contribution in [3.8, 4) is 0 Å². The van der Waals surface area contributed by atoms with Crippen LogP contribution in [0.25, 0.3) is 0 Å². The number of fused-ring (bicyclic) bond motifs is 5. The Labute approximate surface area is 259 Å². The summed E-state index contributed by atoms with van der Waals surface area (Å²) in [7, 11) is 0. The summed E-state index contributed by atoms with van der Waals surface area (Å²) in [5.74, 6) is 5.46. The zero-order valence-electron chi connectivity index (χ0n) is 28.5. The summed E-state index contributed by atoms with van der Waals surface area (Å²) in [5.41, 5.74) is 2.60. The number of allylic oxidation sites excluding steroid dienone is 1. The van der Waals surface area contributed by atoms with Crippen LogP contribution in [0.3, 0.4) is 0 Å². The summed E-state index contributed by atoms with van der Waals surface area (Å²) < 4.78 is 4.40. The van der Waals surface area contributed by atoms with E-state index in [0.717, 1.165) is 61.2 Å². The van der Waals surface area contributed by atoms with Crippen molar-refractivity contribution in [3.05, 3.63) is 11.6 Å². The molecule has 0 aliphatic heterocycles.